The van der Waals surface area contributed by atoms with E-state index in [0.29, 0.717) is 31.0 Å². The second kappa shape index (κ2) is 5.61. The molecule has 0 radical (unpaired) electrons. The van der Waals surface area contributed by atoms with Gasteiger partial charge in [0.15, 0.2) is 0 Å². The highest BCUT2D eigenvalue weighted by molar-refractivity contribution is 5.65. The van der Waals surface area contributed by atoms with Crippen LogP contribution in [-0.2, 0) is 7.05 Å². The number of hydrogen-bond donors (Lipinski definition) is 3. The van der Waals surface area contributed by atoms with Crippen molar-refractivity contribution in [3.63, 3.8) is 0 Å². The molecule has 0 spiro atoms. The fourth-order valence-electron chi connectivity index (χ4n) is 1.95. The quantitative estimate of drug-likeness (QED) is 0.726. The first kappa shape index (κ1) is 14.8. The first-order valence-corrected chi connectivity index (χ1v) is 6.63. The molecule has 0 aliphatic carbocycles. The van der Waals surface area contributed by atoms with E-state index in [4.69, 9.17) is 5.73 Å². The molecule has 1 aromatic rings. The van der Waals surface area contributed by atoms with Gasteiger partial charge in [-0.05, 0) is 18.8 Å². The lowest BCUT2D eigenvalue weighted by Gasteiger charge is -2.26. The van der Waals surface area contributed by atoms with E-state index < -0.39 is 5.60 Å². The molecule has 4 N–H and O–H groups in total. The van der Waals surface area contributed by atoms with Crippen molar-refractivity contribution in [2.45, 2.75) is 52.1 Å². The second-order valence-electron chi connectivity index (χ2n) is 5.21. The number of nitrogens with zero attached hydrogens (tertiary/aromatic N) is 2. The number of hydrogen-bond acceptors (Lipinski definition) is 4. The first-order chi connectivity index (χ1) is 8.34. The summed E-state index contributed by atoms with van der Waals surface area (Å²) in [5.74, 6) is 1.09. The molecule has 0 unspecified atom stereocenters. The van der Waals surface area contributed by atoms with Gasteiger partial charge >= 0.3 is 0 Å². The second-order valence-corrected chi connectivity index (χ2v) is 5.21. The molecular formula is C13H26N4O. The minimum Gasteiger partial charge on any atom is -0.394 e. The zero-order valence-electron chi connectivity index (χ0n) is 12.1. The number of nitrogens with one attached hydrogen (secondary N) is 1. The van der Waals surface area contributed by atoms with Gasteiger partial charge in [0.1, 0.15) is 5.82 Å². The summed E-state index contributed by atoms with van der Waals surface area (Å²) in [5, 5.41) is 17.9. The van der Waals surface area contributed by atoms with Crippen LogP contribution in [0.4, 0.5) is 11.5 Å². The average Bonchev–Trinajstić information content (AvgIpc) is 2.62. The molecule has 0 aromatic carbocycles. The van der Waals surface area contributed by atoms with E-state index in [1.54, 1.807) is 4.68 Å². The maximum absolute atomic E-state index is 10.3. The van der Waals surface area contributed by atoms with Crippen molar-refractivity contribution in [1.82, 2.24) is 9.78 Å². The predicted octanol–water partition coefficient (Wildman–Crippen LogP) is 2.09. The van der Waals surface area contributed by atoms with Crippen molar-refractivity contribution in [2.75, 3.05) is 17.6 Å². The normalized spacial score (nSPS) is 12.2. The number of aliphatic hydroxyl groups is 1. The highest BCUT2D eigenvalue weighted by Crippen LogP contribution is 2.28. The minimum atomic E-state index is -0.686. The number of aromatic nitrogens is 2. The largest absolute Gasteiger partial charge is 0.394 e. The Kier molecular flexibility index (Phi) is 4.62. The summed E-state index contributed by atoms with van der Waals surface area (Å²) in [6.07, 6.45) is 1.43. The molecule has 0 atom stereocenters. The Hall–Kier alpha value is -1.23. The fourth-order valence-corrected chi connectivity index (χ4v) is 1.95. The summed E-state index contributed by atoms with van der Waals surface area (Å²) in [6, 6.07) is 0. The van der Waals surface area contributed by atoms with E-state index >= 15 is 0 Å². The van der Waals surface area contributed by atoms with Crippen LogP contribution in [0.3, 0.4) is 0 Å². The van der Waals surface area contributed by atoms with E-state index in [9.17, 15) is 5.11 Å². The molecule has 0 fully saturated rings. The van der Waals surface area contributed by atoms with Crippen LogP contribution in [0, 0.1) is 0 Å². The Morgan fingerprint density at radius 2 is 1.94 bits per heavy atom. The van der Waals surface area contributed by atoms with Gasteiger partial charge in [-0.25, -0.2) is 0 Å². The van der Waals surface area contributed by atoms with Gasteiger partial charge in [-0.3, -0.25) is 4.68 Å². The van der Waals surface area contributed by atoms with Crippen molar-refractivity contribution in [3.8, 4) is 0 Å². The van der Waals surface area contributed by atoms with Gasteiger partial charge in [-0.1, -0.05) is 27.7 Å². The summed E-state index contributed by atoms with van der Waals surface area (Å²) in [4.78, 5) is 0. The van der Waals surface area contributed by atoms with Gasteiger partial charge < -0.3 is 16.2 Å². The number of anilines is 2. The van der Waals surface area contributed by atoms with Crippen LogP contribution in [0.5, 0.6) is 0 Å². The van der Waals surface area contributed by atoms with Crippen LogP contribution < -0.4 is 11.1 Å². The summed E-state index contributed by atoms with van der Waals surface area (Å²) in [5.41, 5.74) is 6.99. The van der Waals surface area contributed by atoms with Gasteiger partial charge in [-0.2, -0.15) is 5.10 Å². The van der Waals surface area contributed by atoms with E-state index in [-0.39, 0.29) is 0 Å². The van der Waals surface area contributed by atoms with E-state index in [1.807, 2.05) is 20.9 Å². The van der Waals surface area contributed by atoms with E-state index in [2.05, 4.69) is 24.3 Å². The molecular weight excluding hydrogens is 228 g/mol. The lowest BCUT2D eigenvalue weighted by molar-refractivity contribution is 0.0456. The Morgan fingerprint density at radius 3 is 2.33 bits per heavy atom. The van der Waals surface area contributed by atoms with Crippen molar-refractivity contribution >= 4 is 11.5 Å². The molecule has 18 heavy (non-hydrogen) atoms. The van der Waals surface area contributed by atoms with Crippen LogP contribution in [0.2, 0.25) is 0 Å². The third-order valence-electron chi connectivity index (χ3n) is 3.56. The SMILES string of the molecule is CCC(O)(CC)CNc1c(N)c(C(C)C)nn1C. The Morgan fingerprint density at radius 1 is 1.39 bits per heavy atom. The van der Waals surface area contributed by atoms with Crippen molar-refractivity contribution in [2.24, 2.45) is 7.05 Å². The molecule has 0 aliphatic rings. The van der Waals surface area contributed by atoms with Gasteiger partial charge in [0.2, 0.25) is 0 Å². The number of nitrogens with two attached hydrogens (primary N) is 1. The third kappa shape index (κ3) is 2.96. The van der Waals surface area contributed by atoms with Crippen molar-refractivity contribution in [1.29, 1.82) is 0 Å². The maximum atomic E-state index is 10.3. The summed E-state index contributed by atoms with van der Waals surface area (Å²) < 4.78 is 1.75. The van der Waals surface area contributed by atoms with Crippen molar-refractivity contribution < 1.29 is 5.11 Å². The lowest BCUT2D eigenvalue weighted by Crippen LogP contribution is -2.35. The Balaban J connectivity index is 2.86. The molecule has 5 nitrogen and oxygen atoms in total. The molecule has 0 saturated carbocycles. The molecule has 0 amide bonds. The van der Waals surface area contributed by atoms with Gasteiger partial charge in [-0.15, -0.1) is 0 Å². The van der Waals surface area contributed by atoms with Crippen LogP contribution in [0.15, 0.2) is 0 Å². The highest BCUT2D eigenvalue weighted by Gasteiger charge is 2.23. The monoisotopic (exact) mass is 254 g/mol. The van der Waals surface area contributed by atoms with Gasteiger partial charge in [0.05, 0.1) is 17.0 Å². The van der Waals surface area contributed by atoms with Gasteiger partial charge in [0, 0.05) is 13.6 Å². The molecule has 104 valence electrons. The van der Waals surface area contributed by atoms with Crippen LogP contribution >= 0.6 is 0 Å². The number of rotatable bonds is 6. The summed E-state index contributed by atoms with van der Waals surface area (Å²) in [6.45, 7) is 8.59. The zero-order valence-corrected chi connectivity index (χ0v) is 12.1. The predicted molar refractivity (Wildman–Crippen MR) is 75.7 cm³/mol. The average molecular weight is 254 g/mol. The highest BCUT2D eigenvalue weighted by atomic mass is 16.3. The van der Waals surface area contributed by atoms with E-state index in [0.717, 1.165) is 11.5 Å². The maximum Gasteiger partial charge on any atom is 0.147 e. The minimum absolute atomic E-state index is 0.294. The molecule has 0 saturated heterocycles. The zero-order chi connectivity index (χ0) is 13.9. The Bertz CT molecular complexity index is 394. The molecule has 5 heteroatoms. The van der Waals surface area contributed by atoms with Crippen LogP contribution in [0.1, 0.15) is 52.1 Å². The number of nitrogen functional groups attached to an aromatic ring is 1. The lowest BCUT2D eigenvalue weighted by atomic mass is 9.97. The molecule has 0 aliphatic heterocycles. The first-order valence-electron chi connectivity index (χ1n) is 6.63. The summed E-state index contributed by atoms with van der Waals surface area (Å²) in [7, 11) is 1.86. The van der Waals surface area contributed by atoms with Crippen LogP contribution in [-0.4, -0.2) is 27.0 Å². The molecule has 1 rings (SSSR count). The van der Waals surface area contributed by atoms with E-state index in [1.165, 1.54) is 0 Å². The summed E-state index contributed by atoms with van der Waals surface area (Å²) >= 11 is 0. The smallest absolute Gasteiger partial charge is 0.147 e. The van der Waals surface area contributed by atoms with Crippen molar-refractivity contribution in [3.05, 3.63) is 5.69 Å². The Labute approximate surface area is 109 Å². The topological polar surface area (TPSA) is 76.1 Å². The molecule has 1 heterocycles. The third-order valence-corrected chi connectivity index (χ3v) is 3.56. The fraction of sp³-hybridized carbons (Fsp3) is 0.769. The standard InChI is InChI=1S/C13H26N4O/c1-6-13(18,7-2)8-15-12-10(14)11(9(3)4)16-17(12)5/h9,15,18H,6-8,14H2,1-5H3. The van der Waals surface area contributed by atoms with Gasteiger partial charge in [0.25, 0.3) is 0 Å². The molecule has 1 aromatic heterocycles. The molecule has 0 bridgehead atoms. The van der Waals surface area contributed by atoms with Crippen LogP contribution in [0.25, 0.3) is 0 Å². The number of aryl methyl sites for hydroxylation is 1.